The summed E-state index contributed by atoms with van der Waals surface area (Å²) in [5, 5.41) is 18.0. The zero-order valence-corrected chi connectivity index (χ0v) is 11.4. The number of carbonyl (C=O) groups excluding carboxylic acids is 1. The van der Waals surface area contributed by atoms with E-state index in [4.69, 9.17) is 5.11 Å². The molecular formula is C11H16N4O3S. The number of hydrogen-bond acceptors (Lipinski definition) is 5. The van der Waals surface area contributed by atoms with E-state index in [0.717, 1.165) is 12.8 Å². The molecule has 1 aliphatic rings. The smallest absolute Gasteiger partial charge is 0.326 e. The third-order valence-corrected chi connectivity index (χ3v) is 3.53. The number of carboxylic acid groups (broad SMARTS) is 1. The molecule has 1 aliphatic carbocycles. The number of aliphatic carboxylic acids is 1. The summed E-state index contributed by atoms with van der Waals surface area (Å²) in [5.41, 5.74) is 0. The van der Waals surface area contributed by atoms with Gasteiger partial charge in [-0.15, -0.1) is 5.10 Å². The first kappa shape index (κ1) is 13.9. The molecule has 1 fully saturated rings. The van der Waals surface area contributed by atoms with Gasteiger partial charge in [-0.3, -0.25) is 9.89 Å². The van der Waals surface area contributed by atoms with Crippen LogP contribution in [-0.2, 0) is 4.79 Å². The molecule has 19 heavy (non-hydrogen) atoms. The summed E-state index contributed by atoms with van der Waals surface area (Å²) in [6.45, 7) is 0. The number of carboxylic acids is 1. The van der Waals surface area contributed by atoms with Crippen molar-refractivity contribution in [1.82, 2.24) is 20.5 Å². The number of amides is 1. The molecule has 3 N–H and O–H groups in total. The van der Waals surface area contributed by atoms with E-state index in [-0.39, 0.29) is 5.82 Å². The van der Waals surface area contributed by atoms with Crippen molar-refractivity contribution in [3.05, 3.63) is 11.6 Å². The Hall–Kier alpha value is -1.57. The van der Waals surface area contributed by atoms with Gasteiger partial charge in [0, 0.05) is 5.92 Å². The fraction of sp³-hybridized carbons (Fsp3) is 0.636. The number of nitrogens with one attached hydrogen (secondary N) is 2. The van der Waals surface area contributed by atoms with Crippen molar-refractivity contribution in [2.75, 3.05) is 12.0 Å². The number of thioether (sulfide) groups is 1. The van der Waals surface area contributed by atoms with Crippen LogP contribution in [0.2, 0.25) is 0 Å². The molecule has 0 saturated heterocycles. The highest BCUT2D eigenvalue weighted by atomic mass is 32.2. The van der Waals surface area contributed by atoms with Crippen molar-refractivity contribution < 1.29 is 14.7 Å². The van der Waals surface area contributed by atoms with Gasteiger partial charge in [0.1, 0.15) is 11.9 Å². The summed E-state index contributed by atoms with van der Waals surface area (Å²) in [6, 6.07) is -0.900. The molecule has 0 radical (unpaired) electrons. The van der Waals surface area contributed by atoms with E-state index in [1.807, 2.05) is 6.26 Å². The molecule has 0 aromatic carbocycles. The van der Waals surface area contributed by atoms with Gasteiger partial charge in [-0.25, -0.2) is 9.78 Å². The van der Waals surface area contributed by atoms with Crippen LogP contribution in [-0.4, -0.2) is 50.2 Å². The van der Waals surface area contributed by atoms with Crippen LogP contribution < -0.4 is 5.32 Å². The highest BCUT2D eigenvalue weighted by molar-refractivity contribution is 7.98. The van der Waals surface area contributed by atoms with E-state index in [2.05, 4.69) is 20.5 Å². The molecule has 0 spiro atoms. The second kappa shape index (κ2) is 6.05. The van der Waals surface area contributed by atoms with Gasteiger partial charge in [-0.05, 0) is 31.3 Å². The van der Waals surface area contributed by atoms with E-state index < -0.39 is 17.9 Å². The quantitative estimate of drug-likeness (QED) is 0.677. The van der Waals surface area contributed by atoms with Gasteiger partial charge in [0.2, 0.25) is 5.82 Å². The first-order chi connectivity index (χ1) is 9.11. The van der Waals surface area contributed by atoms with E-state index in [1.165, 1.54) is 11.8 Å². The van der Waals surface area contributed by atoms with Crippen LogP contribution in [0.15, 0.2) is 0 Å². The molecule has 1 amide bonds. The monoisotopic (exact) mass is 284 g/mol. The number of H-pyrrole nitrogens is 1. The van der Waals surface area contributed by atoms with Gasteiger partial charge in [0.15, 0.2) is 0 Å². The van der Waals surface area contributed by atoms with Crippen LogP contribution in [0.1, 0.15) is 41.6 Å². The van der Waals surface area contributed by atoms with Crippen LogP contribution in [0.25, 0.3) is 0 Å². The number of nitrogens with zero attached hydrogens (tertiary/aromatic N) is 2. The van der Waals surface area contributed by atoms with E-state index in [1.54, 1.807) is 0 Å². The lowest BCUT2D eigenvalue weighted by Gasteiger charge is -2.12. The maximum absolute atomic E-state index is 11.9. The van der Waals surface area contributed by atoms with Crippen molar-refractivity contribution in [2.45, 2.75) is 31.2 Å². The molecule has 1 saturated carbocycles. The van der Waals surface area contributed by atoms with Crippen molar-refractivity contribution in [3.8, 4) is 0 Å². The third kappa shape index (κ3) is 3.69. The SMILES string of the molecule is CSCC[C@H](NC(=O)c1n[nH]c(C2CC2)n1)C(=O)O. The first-order valence-corrected chi connectivity index (χ1v) is 7.46. The van der Waals surface area contributed by atoms with Crippen molar-refractivity contribution >= 4 is 23.6 Å². The predicted octanol–water partition coefficient (Wildman–Crippen LogP) is 0.618. The van der Waals surface area contributed by atoms with Crippen molar-refractivity contribution in [2.24, 2.45) is 0 Å². The predicted molar refractivity (Wildman–Crippen MR) is 70.2 cm³/mol. The fourth-order valence-electron chi connectivity index (χ4n) is 1.63. The minimum atomic E-state index is -1.04. The number of aromatic amines is 1. The number of carbonyl (C=O) groups is 2. The zero-order chi connectivity index (χ0) is 13.8. The van der Waals surface area contributed by atoms with Crippen molar-refractivity contribution in [1.29, 1.82) is 0 Å². The molecule has 8 heteroatoms. The van der Waals surface area contributed by atoms with Gasteiger partial charge >= 0.3 is 5.97 Å². The number of rotatable bonds is 7. The second-order valence-electron chi connectivity index (χ2n) is 4.46. The average Bonchev–Trinajstić information content (AvgIpc) is 3.11. The normalized spacial score (nSPS) is 16.1. The maximum atomic E-state index is 11.9. The summed E-state index contributed by atoms with van der Waals surface area (Å²) in [4.78, 5) is 27.0. The lowest BCUT2D eigenvalue weighted by Crippen LogP contribution is -2.41. The van der Waals surface area contributed by atoms with Gasteiger partial charge in [-0.1, -0.05) is 0 Å². The summed E-state index contributed by atoms with van der Waals surface area (Å²) in [5.74, 6) is 0.176. The first-order valence-electron chi connectivity index (χ1n) is 6.06. The molecule has 2 rings (SSSR count). The zero-order valence-electron chi connectivity index (χ0n) is 10.5. The Morgan fingerprint density at radius 1 is 1.58 bits per heavy atom. The van der Waals surface area contributed by atoms with Crippen LogP contribution in [0.4, 0.5) is 0 Å². The Labute approximate surface area is 114 Å². The lowest BCUT2D eigenvalue weighted by atomic mass is 10.2. The Morgan fingerprint density at radius 3 is 2.89 bits per heavy atom. The minimum absolute atomic E-state index is 0.0114. The lowest BCUT2D eigenvalue weighted by molar-refractivity contribution is -0.139. The highest BCUT2D eigenvalue weighted by Crippen LogP contribution is 2.37. The molecule has 0 aliphatic heterocycles. The largest absolute Gasteiger partial charge is 0.480 e. The average molecular weight is 284 g/mol. The Balaban J connectivity index is 1.94. The fourth-order valence-corrected chi connectivity index (χ4v) is 2.10. The summed E-state index contributed by atoms with van der Waals surface area (Å²) < 4.78 is 0. The molecule has 104 valence electrons. The Kier molecular flexibility index (Phi) is 4.41. The Morgan fingerprint density at radius 2 is 2.32 bits per heavy atom. The van der Waals surface area contributed by atoms with Gasteiger partial charge in [0.05, 0.1) is 0 Å². The van der Waals surface area contributed by atoms with Gasteiger partial charge in [-0.2, -0.15) is 11.8 Å². The van der Waals surface area contributed by atoms with Crippen LogP contribution >= 0.6 is 11.8 Å². The van der Waals surface area contributed by atoms with Crippen LogP contribution in [0, 0.1) is 0 Å². The minimum Gasteiger partial charge on any atom is -0.480 e. The molecule has 0 bridgehead atoms. The molecule has 1 aromatic rings. The topological polar surface area (TPSA) is 108 Å². The molecule has 1 heterocycles. The number of aromatic nitrogens is 3. The summed E-state index contributed by atoms with van der Waals surface area (Å²) in [7, 11) is 0. The summed E-state index contributed by atoms with van der Waals surface area (Å²) >= 11 is 1.53. The summed E-state index contributed by atoms with van der Waals surface area (Å²) in [6.07, 6.45) is 4.38. The molecule has 1 aromatic heterocycles. The molecule has 1 atom stereocenters. The van der Waals surface area contributed by atoms with E-state index in [9.17, 15) is 9.59 Å². The van der Waals surface area contributed by atoms with Gasteiger partial charge < -0.3 is 10.4 Å². The van der Waals surface area contributed by atoms with Crippen molar-refractivity contribution in [3.63, 3.8) is 0 Å². The van der Waals surface area contributed by atoms with Crippen LogP contribution in [0.3, 0.4) is 0 Å². The van der Waals surface area contributed by atoms with Gasteiger partial charge in [0.25, 0.3) is 5.91 Å². The second-order valence-corrected chi connectivity index (χ2v) is 5.45. The molecule has 0 unspecified atom stereocenters. The molecular weight excluding hydrogens is 268 g/mol. The number of hydrogen-bond donors (Lipinski definition) is 3. The van der Waals surface area contributed by atoms with E-state index >= 15 is 0 Å². The standard InChI is InChI=1S/C11H16N4O3S/c1-19-5-4-7(11(17)18)12-10(16)9-13-8(14-15-9)6-2-3-6/h6-7H,2-5H2,1H3,(H,12,16)(H,17,18)(H,13,14,15)/t7-/m0/s1. The Bertz CT molecular complexity index is 472. The van der Waals surface area contributed by atoms with Crippen LogP contribution in [0.5, 0.6) is 0 Å². The highest BCUT2D eigenvalue weighted by Gasteiger charge is 2.29. The maximum Gasteiger partial charge on any atom is 0.326 e. The third-order valence-electron chi connectivity index (χ3n) is 2.88. The van der Waals surface area contributed by atoms with E-state index in [0.29, 0.717) is 23.9 Å². The molecule has 7 nitrogen and oxygen atoms in total.